The van der Waals surface area contributed by atoms with Gasteiger partial charge in [0, 0.05) is 15.6 Å². The predicted molar refractivity (Wildman–Crippen MR) is 81.7 cm³/mol. The standard InChI is InChI=1S/C15H13ClN2S/c1-19-14-7-5-11(6-8-14)15(10-17)18-13-4-2-3-12(16)9-13/h2-9,15,18H,1H3. The summed E-state index contributed by atoms with van der Waals surface area (Å²) in [6.45, 7) is 0. The van der Waals surface area contributed by atoms with Gasteiger partial charge in [0.2, 0.25) is 0 Å². The Morgan fingerprint density at radius 2 is 1.95 bits per heavy atom. The summed E-state index contributed by atoms with van der Waals surface area (Å²) in [5.41, 5.74) is 1.79. The maximum Gasteiger partial charge on any atom is 0.140 e. The van der Waals surface area contributed by atoms with Crippen LogP contribution in [0.3, 0.4) is 0 Å². The first-order chi connectivity index (χ1) is 9.22. The van der Waals surface area contributed by atoms with Gasteiger partial charge in [0.15, 0.2) is 0 Å². The highest BCUT2D eigenvalue weighted by Gasteiger charge is 2.10. The number of nitrogens with one attached hydrogen (secondary N) is 1. The van der Waals surface area contributed by atoms with Gasteiger partial charge in [-0.1, -0.05) is 29.8 Å². The molecule has 0 heterocycles. The minimum Gasteiger partial charge on any atom is -0.366 e. The van der Waals surface area contributed by atoms with Crippen molar-refractivity contribution in [1.29, 1.82) is 5.26 Å². The third-order valence-corrected chi connectivity index (χ3v) is 3.69. The molecule has 2 aromatic carbocycles. The largest absolute Gasteiger partial charge is 0.366 e. The van der Waals surface area contributed by atoms with E-state index >= 15 is 0 Å². The topological polar surface area (TPSA) is 35.8 Å². The highest BCUT2D eigenvalue weighted by molar-refractivity contribution is 7.98. The van der Waals surface area contributed by atoms with Crippen LogP contribution in [0.2, 0.25) is 5.02 Å². The lowest BCUT2D eigenvalue weighted by Gasteiger charge is -2.13. The lowest BCUT2D eigenvalue weighted by Crippen LogP contribution is -2.08. The highest BCUT2D eigenvalue weighted by atomic mass is 35.5. The molecule has 0 amide bonds. The first-order valence-electron chi connectivity index (χ1n) is 5.78. The Kier molecular flexibility index (Phi) is 4.73. The molecule has 1 N–H and O–H groups in total. The molecule has 0 fully saturated rings. The minimum atomic E-state index is -0.380. The zero-order valence-electron chi connectivity index (χ0n) is 10.4. The van der Waals surface area contributed by atoms with E-state index in [2.05, 4.69) is 11.4 Å². The van der Waals surface area contributed by atoms with E-state index in [9.17, 15) is 5.26 Å². The van der Waals surface area contributed by atoms with Gasteiger partial charge in [0.05, 0.1) is 6.07 Å². The maximum atomic E-state index is 9.29. The summed E-state index contributed by atoms with van der Waals surface area (Å²) in [5, 5.41) is 13.1. The molecule has 2 aromatic rings. The number of nitriles is 1. The van der Waals surface area contributed by atoms with Gasteiger partial charge in [-0.05, 0) is 42.2 Å². The molecule has 0 aliphatic rings. The number of halogens is 1. The van der Waals surface area contributed by atoms with E-state index in [4.69, 9.17) is 11.6 Å². The maximum absolute atomic E-state index is 9.29. The number of benzene rings is 2. The van der Waals surface area contributed by atoms with Gasteiger partial charge in [-0.25, -0.2) is 0 Å². The molecular weight excluding hydrogens is 276 g/mol. The second-order valence-electron chi connectivity index (χ2n) is 3.99. The van der Waals surface area contributed by atoms with Gasteiger partial charge in [0.1, 0.15) is 6.04 Å². The number of rotatable bonds is 4. The first kappa shape index (κ1) is 13.8. The Morgan fingerprint density at radius 1 is 1.21 bits per heavy atom. The van der Waals surface area contributed by atoms with E-state index in [1.807, 2.05) is 48.7 Å². The SMILES string of the molecule is CSc1ccc(C(C#N)Nc2cccc(Cl)c2)cc1. The van der Waals surface area contributed by atoms with E-state index in [1.54, 1.807) is 17.8 Å². The Morgan fingerprint density at radius 3 is 2.53 bits per heavy atom. The number of nitrogens with zero attached hydrogens (tertiary/aromatic N) is 1. The van der Waals surface area contributed by atoms with Crippen molar-refractivity contribution in [3.05, 3.63) is 59.1 Å². The summed E-state index contributed by atoms with van der Waals surface area (Å²) in [6, 6.07) is 17.2. The van der Waals surface area contributed by atoms with Crippen LogP contribution in [0.4, 0.5) is 5.69 Å². The van der Waals surface area contributed by atoms with Gasteiger partial charge >= 0.3 is 0 Å². The molecule has 0 aliphatic carbocycles. The van der Waals surface area contributed by atoms with Crippen LogP contribution in [0.5, 0.6) is 0 Å². The van der Waals surface area contributed by atoms with Gasteiger partial charge in [-0.2, -0.15) is 5.26 Å². The highest BCUT2D eigenvalue weighted by Crippen LogP contribution is 2.23. The molecule has 0 saturated carbocycles. The summed E-state index contributed by atoms with van der Waals surface area (Å²) in [7, 11) is 0. The fourth-order valence-corrected chi connectivity index (χ4v) is 2.33. The Labute approximate surface area is 122 Å². The van der Waals surface area contributed by atoms with Crippen molar-refractivity contribution in [1.82, 2.24) is 0 Å². The van der Waals surface area contributed by atoms with Crippen LogP contribution in [0.15, 0.2) is 53.4 Å². The van der Waals surface area contributed by atoms with Gasteiger partial charge < -0.3 is 5.32 Å². The minimum absolute atomic E-state index is 0.380. The molecule has 0 spiro atoms. The number of thioether (sulfide) groups is 1. The molecule has 0 radical (unpaired) electrons. The Hall–Kier alpha value is -1.63. The lowest BCUT2D eigenvalue weighted by atomic mass is 10.1. The van der Waals surface area contributed by atoms with Crippen molar-refractivity contribution < 1.29 is 0 Å². The number of hydrogen-bond donors (Lipinski definition) is 1. The van der Waals surface area contributed by atoms with Crippen molar-refractivity contribution in [2.24, 2.45) is 0 Å². The average molecular weight is 289 g/mol. The normalized spacial score (nSPS) is 11.6. The average Bonchev–Trinajstić information content (AvgIpc) is 2.45. The summed E-state index contributed by atoms with van der Waals surface area (Å²) < 4.78 is 0. The van der Waals surface area contributed by atoms with Gasteiger partial charge in [0.25, 0.3) is 0 Å². The van der Waals surface area contributed by atoms with Crippen LogP contribution >= 0.6 is 23.4 Å². The predicted octanol–water partition coefficient (Wildman–Crippen LogP) is 4.74. The molecule has 0 bridgehead atoms. The number of anilines is 1. The Bertz CT molecular complexity index is 590. The molecule has 2 nitrogen and oxygen atoms in total. The van der Waals surface area contributed by atoms with Gasteiger partial charge in [-0.15, -0.1) is 11.8 Å². The zero-order valence-corrected chi connectivity index (χ0v) is 12.0. The third kappa shape index (κ3) is 3.66. The molecule has 0 aliphatic heterocycles. The van der Waals surface area contributed by atoms with Crippen LogP contribution in [-0.2, 0) is 0 Å². The molecule has 4 heteroatoms. The summed E-state index contributed by atoms with van der Waals surface area (Å²) in [5.74, 6) is 0. The molecule has 96 valence electrons. The lowest BCUT2D eigenvalue weighted by molar-refractivity contribution is 0.994. The second-order valence-corrected chi connectivity index (χ2v) is 5.31. The fourth-order valence-electron chi connectivity index (χ4n) is 1.73. The third-order valence-electron chi connectivity index (χ3n) is 2.71. The van der Waals surface area contributed by atoms with Crippen molar-refractivity contribution in [3.8, 4) is 6.07 Å². The monoisotopic (exact) mass is 288 g/mol. The van der Waals surface area contributed by atoms with E-state index < -0.39 is 0 Å². The van der Waals surface area contributed by atoms with E-state index in [0.717, 1.165) is 11.3 Å². The van der Waals surface area contributed by atoms with Crippen LogP contribution in [0.1, 0.15) is 11.6 Å². The number of hydrogen-bond acceptors (Lipinski definition) is 3. The molecule has 2 rings (SSSR count). The summed E-state index contributed by atoms with van der Waals surface area (Å²) in [4.78, 5) is 1.18. The molecule has 19 heavy (non-hydrogen) atoms. The van der Waals surface area contributed by atoms with Crippen molar-refractivity contribution >= 4 is 29.1 Å². The smallest absolute Gasteiger partial charge is 0.140 e. The second kappa shape index (κ2) is 6.51. The van der Waals surface area contributed by atoms with Crippen LogP contribution in [0.25, 0.3) is 0 Å². The summed E-state index contributed by atoms with van der Waals surface area (Å²) >= 11 is 7.61. The van der Waals surface area contributed by atoms with Crippen LogP contribution in [0, 0.1) is 11.3 Å². The van der Waals surface area contributed by atoms with Crippen LogP contribution < -0.4 is 5.32 Å². The van der Waals surface area contributed by atoms with E-state index in [-0.39, 0.29) is 6.04 Å². The quantitative estimate of drug-likeness (QED) is 0.826. The molecule has 0 saturated heterocycles. The van der Waals surface area contributed by atoms with Crippen LogP contribution in [-0.4, -0.2) is 6.26 Å². The molecule has 1 unspecified atom stereocenters. The molecule has 1 atom stereocenters. The van der Waals surface area contributed by atoms with Gasteiger partial charge in [-0.3, -0.25) is 0 Å². The fraction of sp³-hybridized carbons (Fsp3) is 0.133. The Balaban J connectivity index is 2.18. The first-order valence-corrected chi connectivity index (χ1v) is 7.39. The zero-order chi connectivity index (χ0) is 13.7. The molecular formula is C15H13ClN2S. The van der Waals surface area contributed by atoms with E-state index in [1.165, 1.54) is 4.90 Å². The van der Waals surface area contributed by atoms with Crippen molar-refractivity contribution in [3.63, 3.8) is 0 Å². The molecule has 0 aromatic heterocycles. The van der Waals surface area contributed by atoms with Crippen molar-refractivity contribution in [2.45, 2.75) is 10.9 Å². The van der Waals surface area contributed by atoms with E-state index in [0.29, 0.717) is 5.02 Å². The summed E-state index contributed by atoms with van der Waals surface area (Å²) in [6.07, 6.45) is 2.03. The van der Waals surface area contributed by atoms with Crippen molar-refractivity contribution in [2.75, 3.05) is 11.6 Å².